The van der Waals surface area contributed by atoms with Gasteiger partial charge in [0, 0.05) is 12.1 Å². The molecule has 1 aromatic carbocycles. The standard InChI is InChI=1S/C9H10N2O5S/c1-6(10)9(12)17(15,16)8-4-2-7(3-5-8)11(13)14/h2-6H,10H2,1H3/t6-/m1/s1. The summed E-state index contributed by atoms with van der Waals surface area (Å²) >= 11 is 0. The molecule has 0 bridgehead atoms. The van der Waals surface area contributed by atoms with E-state index in [9.17, 15) is 23.3 Å². The van der Waals surface area contributed by atoms with Crippen molar-refractivity contribution >= 4 is 20.6 Å². The van der Waals surface area contributed by atoms with E-state index in [1.807, 2.05) is 0 Å². The molecule has 0 spiro atoms. The van der Waals surface area contributed by atoms with Crippen LogP contribution in [0.4, 0.5) is 5.69 Å². The number of benzene rings is 1. The third-order valence-electron chi connectivity index (χ3n) is 1.99. The van der Waals surface area contributed by atoms with Gasteiger partial charge in [-0.1, -0.05) is 0 Å². The van der Waals surface area contributed by atoms with Gasteiger partial charge in [0.15, 0.2) is 0 Å². The predicted molar refractivity (Wildman–Crippen MR) is 58.9 cm³/mol. The molecular weight excluding hydrogens is 248 g/mol. The Kier molecular flexibility index (Phi) is 3.59. The molecule has 0 fully saturated rings. The Hall–Kier alpha value is -1.80. The summed E-state index contributed by atoms with van der Waals surface area (Å²) in [6.07, 6.45) is 0. The molecule has 0 aliphatic heterocycles. The molecule has 8 heteroatoms. The fourth-order valence-electron chi connectivity index (χ4n) is 1.11. The van der Waals surface area contributed by atoms with Gasteiger partial charge in [-0.25, -0.2) is 8.42 Å². The summed E-state index contributed by atoms with van der Waals surface area (Å²) in [6, 6.07) is 2.90. The van der Waals surface area contributed by atoms with E-state index in [4.69, 9.17) is 5.73 Å². The maximum atomic E-state index is 11.7. The van der Waals surface area contributed by atoms with Crippen LogP contribution in [0.1, 0.15) is 6.92 Å². The topological polar surface area (TPSA) is 120 Å². The summed E-state index contributed by atoms with van der Waals surface area (Å²) in [5.74, 6) is 0. The quantitative estimate of drug-likeness (QED) is 0.612. The molecule has 92 valence electrons. The van der Waals surface area contributed by atoms with Crippen LogP contribution in [0.15, 0.2) is 29.2 Å². The Bertz CT molecular complexity index is 547. The van der Waals surface area contributed by atoms with E-state index >= 15 is 0 Å². The molecular formula is C9H10N2O5S. The highest BCUT2D eigenvalue weighted by Crippen LogP contribution is 2.17. The second-order valence-electron chi connectivity index (χ2n) is 3.36. The lowest BCUT2D eigenvalue weighted by molar-refractivity contribution is -0.384. The first-order valence-corrected chi connectivity index (χ1v) is 6.04. The Morgan fingerprint density at radius 2 is 1.82 bits per heavy atom. The van der Waals surface area contributed by atoms with Gasteiger partial charge in [0.25, 0.3) is 10.8 Å². The van der Waals surface area contributed by atoms with Gasteiger partial charge < -0.3 is 5.73 Å². The number of carbonyl (C=O) groups is 1. The number of carbonyl (C=O) groups excluding carboxylic acids is 1. The molecule has 7 nitrogen and oxygen atoms in total. The lowest BCUT2D eigenvalue weighted by Crippen LogP contribution is -2.33. The van der Waals surface area contributed by atoms with Crippen LogP contribution < -0.4 is 5.73 Å². The summed E-state index contributed by atoms with van der Waals surface area (Å²) in [5, 5.41) is 9.25. The average Bonchev–Trinajstić information content (AvgIpc) is 2.27. The molecule has 0 heterocycles. The number of nitrogens with zero attached hydrogens (tertiary/aromatic N) is 1. The van der Waals surface area contributed by atoms with E-state index in [0.717, 1.165) is 24.3 Å². The van der Waals surface area contributed by atoms with Crippen LogP contribution in [0, 0.1) is 10.1 Å². The van der Waals surface area contributed by atoms with Gasteiger partial charge in [-0.15, -0.1) is 0 Å². The van der Waals surface area contributed by atoms with Gasteiger partial charge in [0.05, 0.1) is 15.9 Å². The number of hydrogen-bond acceptors (Lipinski definition) is 6. The molecule has 0 saturated carbocycles. The first kappa shape index (κ1) is 13.3. The number of sulfone groups is 1. The number of rotatable bonds is 3. The molecule has 1 rings (SSSR count). The molecule has 17 heavy (non-hydrogen) atoms. The second kappa shape index (κ2) is 4.60. The molecule has 0 aliphatic rings. The molecule has 0 saturated heterocycles. The zero-order valence-corrected chi connectivity index (χ0v) is 9.68. The molecule has 0 aliphatic carbocycles. The zero-order valence-electron chi connectivity index (χ0n) is 8.86. The van der Waals surface area contributed by atoms with Crippen LogP contribution in [-0.2, 0) is 14.6 Å². The number of hydrogen-bond donors (Lipinski definition) is 1. The Labute approximate surface area is 97.3 Å². The van der Waals surface area contributed by atoms with E-state index in [-0.39, 0.29) is 10.6 Å². The van der Waals surface area contributed by atoms with E-state index in [0.29, 0.717) is 0 Å². The van der Waals surface area contributed by atoms with Crippen molar-refractivity contribution in [2.24, 2.45) is 5.73 Å². The van der Waals surface area contributed by atoms with Gasteiger partial charge in [-0.2, -0.15) is 0 Å². The fraction of sp³-hybridized carbons (Fsp3) is 0.222. The second-order valence-corrected chi connectivity index (χ2v) is 5.24. The summed E-state index contributed by atoms with van der Waals surface area (Å²) < 4.78 is 23.3. The Morgan fingerprint density at radius 1 is 1.35 bits per heavy atom. The van der Waals surface area contributed by atoms with Crippen LogP contribution in [0.5, 0.6) is 0 Å². The van der Waals surface area contributed by atoms with E-state index in [2.05, 4.69) is 0 Å². The minimum atomic E-state index is -4.17. The highest BCUT2D eigenvalue weighted by Gasteiger charge is 2.27. The first-order chi connectivity index (χ1) is 7.76. The third-order valence-corrected chi connectivity index (χ3v) is 3.79. The molecule has 2 N–H and O–H groups in total. The summed E-state index contributed by atoms with van der Waals surface area (Å²) in [5.41, 5.74) is 4.95. The van der Waals surface area contributed by atoms with Crippen molar-refractivity contribution in [2.75, 3.05) is 0 Å². The van der Waals surface area contributed by atoms with Crippen LogP contribution >= 0.6 is 0 Å². The minimum absolute atomic E-state index is 0.253. The Morgan fingerprint density at radius 3 is 2.18 bits per heavy atom. The van der Waals surface area contributed by atoms with Gasteiger partial charge in [0.2, 0.25) is 9.84 Å². The SMILES string of the molecule is C[C@@H](N)C(=O)S(=O)(=O)c1ccc([N+](=O)[O-])cc1. The summed E-state index contributed by atoms with van der Waals surface area (Å²) in [7, 11) is -4.17. The lowest BCUT2D eigenvalue weighted by atomic mass is 10.3. The van der Waals surface area contributed by atoms with Gasteiger partial charge >= 0.3 is 0 Å². The van der Waals surface area contributed by atoms with Gasteiger partial charge in [0.1, 0.15) is 0 Å². The lowest BCUT2D eigenvalue weighted by Gasteiger charge is -2.05. The highest BCUT2D eigenvalue weighted by atomic mass is 32.2. The fourth-order valence-corrected chi connectivity index (χ4v) is 2.32. The molecule has 1 atom stereocenters. The van der Waals surface area contributed by atoms with Crippen molar-refractivity contribution in [3.63, 3.8) is 0 Å². The van der Waals surface area contributed by atoms with E-state index in [1.54, 1.807) is 0 Å². The maximum absolute atomic E-state index is 11.7. The van der Waals surface area contributed by atoms with Crippen molar-refractivity contribution in [3.05, 3.63) is 34.4 Å². The molecule has 0 amide bonds. The largest absolute Gasteiger partial charge is 0.321 e. The predicted octanol–water partition coefficient (Wildman–Crippen LogP) is 0.242. The van der Waals surface area contributed by atoms with Crippen molar-refractivity contribution < 1.29 is 18.1 Å². The van der Waals surface area contributed by atoms with Crippen molar-refractivity contribution in [3.8, 4) is 0 Å². The van der Waals surface area contributed by atoms with Crippen molar-refractivity contribution in [1.29, 1.82) is 0 Å². The smallest absolute Gasteiger partial charge is 0.269 e. The summed E-state index contributed by atoms with van der Waals surface area (Å²) in [4.78, 5) is 20.7. The molecule has 1 aromatic rings. The zero-order chi connectivity index (χ0) is 13.2. The van der Waals surface area contributed by atoms with E-state index in [1.165, 1.54) is 6.92 Å². The van der Waals surface area contributed by atoms with Crippen LogP contribution in [0.2, 0.25) is 0 Å². The highest BCUT2D eigenvalue weighted by molar-refractivity contribution is 8.06. The van der Waals surface area contributed by atoms with Crippen molar-refractivity contribution in [2.45, 2.75) is 17.9 Å². The Balaban J connectivity index is 3.18. The number of nitrogens with two attached hydrogens (primary N) is 1. The van der Waals surface area contributed by atoms with Crippen molar-refractivity contribution in [1.82, 2.24) is 0 Å². The normalized spacial score (nSPS) is 13.1. The molecule has 0 unspecified atom stereocenters. The molecule has 0 radical (unpaired) electrons. The van der Waals surface area contributed by atoms with Crippen LogP contribution in [0.25, 0.3) is 0 Å². The number of non-ortho nitro benzene ring substituents is 1. The third kappa shape index (κ3) is 2.66. The van der Waals surface area contributed by atoms with Crippen LogP contribution in [0.3, 0.4) is 0 Å². The van der Waals surface area contributed by atoms with E-state index < -0.39 is 25.9 Å². The number of nitro benzene ring substituents is 1. The minimum Gasteiger partial charge on any atom is -0.321 e. The van der Waals surface area contributed by atoms with Crippen LogP contribution in [-0.4, -0.2) is 24.5 Å². The average molecular weight is 258 g/mol. The number of nitro groups is 1. The molecule has 0 aromatic heterocycles. The maximum Gasteiger partial charge on any atom is 0.269 e. The monoisotopic (exact) mass is 258 g/mol. The van der Waals surface area contributed by atoms with Gasteiger partial charge in [-0.05, 0) is 19.1 Å². The first-order valence-electron chi connectivity index (χ1n) is 4.56. The summed E-state index contributed by atoms with van der Waals surface area (Å²) in [6.45, 7) is 1.26. The van der Waals surface area contributed by atoms with Gasteiger partial charge in [-0.3, -0.25) is 14.9 Å².